The monoisotopic (exact) mass is 887 g/mol. The van der Waals surface area contributed by atoms with Crippen LogP contribution >= 0.6 is 8.53 Å². The number of fused-ring (bicyclic) bond motifs is 1. The number of benzene rings is 5. The van der Waals surface area contributed by atoms with E-state index in [0.29, 0.717) is 11.5 Å². The van der Waals surface area contributed by atoms with Crippen LogP contribution in [-0.2, 0) is 24.1 Å². The SMILES string of the molecule is COc1ccc(C(OC[C@H]2O[C@@H](n3ccc(=O)[nH]c3=O)C(F)[C@H]2O[P@]2O[C@H](C[Si](C)(c3ccccc3)c3ccccc3)[C@@H]3CCCN32)(c2ccccc2)c2ccc(OC)cc2)cc1. The normalized spacial score (nSPS) is 23.7. The lowest BCUT2D eigenvalue weighted by Gasteiger charge is -2.37. The Hall–Kier alpha value is -5.24. The van der Waals surface area contributed by atoms with E-state index in [4.69, 9.17) is 28.0 Å². The van der Waals surface area contributed by atoms with Crippen LogP contribution in [0.25, 0.3) is 0 Å². The molecule has 5 aromatic carbocycles. The van der Waals surface area contributed by atoms with Gasteiger partial charge in [-0.05, 0) is 59.8 Å². The summed E-state index contributed by atoms with van der Waals surface area (Å²) < 4.78 is 59.5. The fourth-order valence-corrected chi connectivity index (χ4v) is 15.4. The highest BCUT2D eigenvalue weighted by Crippen LogP contribution is 2.59. The van der Waals surface area contributed by atoms with Gasteiger partial charge >= 0.3 is 5.69 Å². The Balaban J connectivity index is 1.07. The zero-order valence-corrected chi connectivity index (χ0v) is 37.3. The number of rotatable bonds is 15. The van der Waals surface area contributed by atoms with Crippen LogP contribution in [0.2, 0.25) is 12.6 Å². The molecule has 3 saturated heterocycles. The van der Waals surface area contributed by atoms with E-state index in [1.54, 1.807) is 14.2 Å². The third-order valence-electron chi connectivity index (χ3n) is 12.8. The summed E-state index contributed by atoms with van der Waals surface area (Å²) in [6, 6.07) is 48.6. The molecule has 0 saturated carbocycles. The Morgan fingerprint density at radius 2 is 1.32 bits per heavy atom. The topological polar surface area (TPSA) is 113 Å². The first kappa shape index (κ1) is 43.0. The molecular weight excluding hydrogens is 837 g/mol. The Labute approximate surface area is 368 Å². The van der Waals surface area contributed by atoms with E-state index in [1.165, 1.54) is 22.6 Å². The first-order chi connectivity index (χ1) is 30.7. The molecule has 1 aromatic heterocycles. The third kappa shape index (κ3) is 8.35. The molecule has 0 amide bonds. The molecule has 3 aliphatic heterocycles. The van der Waals surface area contributed by atoms with Crippen molar-refractivity contribution in [3.05, 3.63) is 189 Å². The van der Waals surface area contributed by atoms with Gasteiger partial charge in [0.25, 0.3) is 14.1 Å². The molecule has 11 nitrogen and oxygen atoms in total. The molecule has 63 heavy (non-hydrogen) atoms. The molecule has 1 unspecified atom stereocenters. The zero-order chi connectivity index (χ0) is 43.6. The number of hydrogen-bond acceptors (Lipinski definition) is 9. The van der Waals surface area contributed by atoms with Gasteiger partial charge in [-0.1, -0.05) is 132 Å². The summed E-state index contributed by atoms with van der Waals surface area (Å²) in [5.41, 5.74) is -0.238. The van der Waals surface area contributed by atoms with Crippen molar-refractivity contribution in [2.24, 2.45) is 0 Å². The number of alkyl halides is 1. The van der Waals surface area contributed by atoms with Crippen molar-refractivity contribution in [3.63, 3.8) is 0 Å². The molecule has 4 heterocycles. The van der Waals surface area contributed by atoms with Crippen LogP contribution in [0.1, 0.15) is 35.8 Å². The molecule has 14 heteroatoms. The second kappa shape index (κ2) is 18.5. The van der Waals surface area contributed by atoms with Gasteiger partial charge in [0.05, 0.1) is 26.9 Å². The third-order valence-corrected chi connectivity index (χ3v) is 19.0. The second-order valence-electron chi connectivity index (χ2n) is 16.4. The molecule has 0 aliphatic carbocycles. The summed E-state index contributed by atoms with van der Waals surface area (Å²) in [6.45, 7) is 2.99. The largest absolute Gasteiger partial charge is 0.497 e. The van der Waals surface area contributed by atoms with E-state index in [9.17, 15) is 9.59 Å². The number of nitrogens with zero attached hydrogens (tertiary/aromatic N) is 2. The van der Waals surface area contributed by atoms with Gasteiger partial charge in [-0.2, -0.15) is 0 Å². The first-order valence-corrected chi connectivity index (χ1v) is 25.2. The molecule has 0 radical (unpaired) electrons. The van der Waals surface area contributed by atoms with Crippen molar-refractivity contribution in [2.75, 3.05) is 27.4 Å². The molecule has 1 N–H and O–H groups in total. The first-order valence-electron chi connectivity index (χ1n) is 21.3. The summed E-state index contributed by atoms with van der Waals surface area (Å²) in [7, 11) is -0.860. The standard InChI is InChI=1S/C49H51FN3O8PSi/c1-56-37-25-21-35(22-26-37)49(34-14-7-4-8-15-34,36-23-27-38(57-2)28-24-36)58-32-42-46(45(50)47(59-42)52-31-29-44(54)51-48(52)55)61-62-53-30-13-20-41(53)43(60-62)33-63(3,39-16-9-5-10-17-39)40-18-11-6-12-19-40/h4-12,14-19,21-29,31,41-43,45-47H,13,20,30,32-33H2,1-3H3,(H,51,54,55)/t41-,42+,43+,45?,46-,47+,62-/m0/s1. The fourth-order valence-electron chi connectivity index (χ4n) is 9.47. The van der Waals surface area contributed by atoms with Crippen LogP contribution in [0.5, 0.6) is 11.5 Å². The van der Waals surface area contributed by atoms with Crippen molar-refractivity contribution in [1.82, 2.24) is 14.2 Å². The number of aromatic amines is 1. The van der Waals surface area contributed by atoms with Crippen LogP contribution < -0.4 is 31.1 Å². The molecule has 3 fully saturated rings. The molecule has 6 aromatic rings. The minimum Gasteiger partial charge on any atom is -0.497 e. The fraction of sp³-hybridized carbons (Fsp3) is 0.306. The lowest BCUT2D eigenvalue weighted by molar-refractivity contribution is -0.0930. The molecule has 0 spiro atoms. The van der Waals surface area contributed by atoms with Gasteiger partial charge in [0.2, 0.25) is 0 Å². The second-order valence-corrected chi connectivity index (χ2v) is 22.1. The predicted octanol–water partition coefficient (Wildman–Crippen LogP) is 7.17. The quantitative estimate of drug-likeness (QED) is 0.0652. The maximum absolute atomic E-state index is 17.4. The molecule has 326 valence electrons. The van der Waals surface area contributed by atoms with Gasteiger partial charge in [0.1, 0.15) is 37.4 Å². The number of H-pyrrole nitrogens is 1. The van der Waals surface area contributed by atoms with Gasteiger partial charge in [0.15, 0.2) is 12.4 Å². The summed E-state index contributed by atoms with van der Waals surface area (Å²) in [5, 5.41) is 2.63. The van der Waals surface area contributed by atoms with Gasteiger partial charge in [-0.3, -0.25) is 14.3 Å². The van der Waals surface area contributed by atoms with Crippen molar-refractivity contribution in [1.29, 1.82) is 0 Å². The highest BCUT2D eigenvalue weighted by atomic mass is 31.2. The van der Waals surface area contributed by atoms with E-state index in [2.05, 4.69) is 64.7 Å². The highest BCUT2D eigenvalue weighted by Gasteiger charge is 2.55. The van der Waals surface area contributed by atoms with E-state index >= 15 is 4.39 Å². The number of hydrogen-bond donors (Lipinski definition) is 1. The average Bonchev–Trinajstić information content (AvgIpc) is 4.03. The van der Waals surface area contributed by atoms with Crippen LogP contribution in [-0.4, -0.2) is 80.2 Å². The number of methoxy groups -OCH3 is 2. The Morgan fingerprint density at radius 1 is 0.762 bits per heavy atom. The van der Waals surface area contributed by atoms with Crippen molar-refractivity contribution >= 4 is 27.0 Å². The molecule has 0 bridgehead atoms. The number of nitrogens with one attached hydrogen (secondary N) is 1. The van der Waals surface area contributed by atoms with Gasteiger partial charge in [-0.15, -0.1) is 0 Å². The number of ether oxygens (including phenoxy) is 4. The zero-order valence-electron chi connectivity index (χ0n) is 35.4. The van der Waals surface area contributed by atoms with E-state index < -0.39 is 58.1 Å². The summed E-state index contributed by atoms with van der Waals surface area (Å²) in [6.07, 6.45) is -2.50. The minimum absolute atomic E-state index is 0.0962. The van der Waals surface area contributed by atoms with Crippen molar-refractivity contribution in [3.8, 4) is 11.5 Å². The minimum atomic E-state index is -2.33. The smallest absolute Gasteiger partial charge is 0.330 e. The van der Waals surface area contributed by atoms with Crippen LogP contribution in [0, 0.1) is 0 Å². The molecular formula is C49H51FN3O8PSi. The van der Waals surface area contributed by atoms with E-state index in [1.807, 2.05) is 91.0 Å². The Bertz CT molecular complexity index is 2480. The van der Waals surface area contributed by atoms with Crippen LogP contribution in [0.4, 0.5) is 4.39 Å². The summed E-state index contributed by atoms with van der Waals surface area (Å²) in [4.78, 5) is 27.6. The molecule has 3 aliphatic rings. The van der Waals surface area contributed by atoms with Gasteiger partial charge < -0.3 is 28.0 Å². The van der Waals surface area contributed by atoms with Crippen molar-refractivity contribution < 1.29 is 32.4 Å². The highest BCUT2D eigenvalue weighted by molar-refractivity contribution is 7.45. The predicted molar refractivity (Wildman–Crippen MR) is 243 cm³/mol. The van der Waals surface area contributed by atoms with Crippen LogP contribution in [0.15, 0.2) is 161 Å². The van der Waals surface area contributed by atoms with Gasteiger partial charge in [-0.25, -0.2) is 13.9 Å². The lowest BCUT2D eigenvalue weighted by Crippen LogP contribution is -2.58. The maximum Gasteiger partial charge on any atom is 0.330 e. The Kier molecular flexibility index (Phi) is 12.6. The van der Waals surface area contributed by atoms with Gasteiger partial charge in [0, 0.05) is 24.8 Å². The van der Waals surface area contributed by atoms with Crippen molar-refractivity contribution in [2.45, 2.75) is 67.8 Å². The Morgan fingerprint density at radius 3 is 1.87 bits per heavy atom. The summed E-state index contributed by atoms with van der Waals surface area (Å²) in [5.74, 6) is 1.34. The number of halogens is 1. The number of aromatic nitrogens is 2. The average molecular weight is 888 g/mol. The van der Waals surface area contributed by atoms with Crippen LogP contribution in [0.3, 0.4) is 0 Å². The van der Waals surface area contributed by atoms with E-state index in [-0.39, 0.29) is 18.8 Å². The molecule has 7 atom stereocenters. The van der Waals surface area contributed by atoms with E-state index in [0.717, 1.165) is 46.7 Å². The summed E-state index contributed by atoms with van der Waals surface area (Å²) >= 11 is 0. The molecule has 9 rings (SSSR count). The lowest BCUT2D eigenvalue weighted by atomic mass is 9.80. The maximum atomic E-state index is 17.4.